The number of nitrogens with one attached hydrogen (secondary N) is 2. The van der Waals surface area contributed by atoms with Crippen LogP contribution < -0.4 is 5.32 Å². The van der Waals surface area contributed by atoms with Crippen LogP contribution in [0, 0.1) is 17.7 Å². The first-order valence-electron chi connectivity index (χ1n) is 9.16. The number of nitrogens with zero attached hydrogens (tertiary/aromatic N) is 2. The molecular formula is C19H23FN4O2. The second-order valence-electron chi connectivity index (χ2n) is 7.53. The Labute approximate surface area is 151 Å². The average molecular weight is 358 g/mol. The highest BCUT2D eigenvalue weighted by atomic mass is 19.1. The van der Waals surface area contributed by atoms with Crippen LogP contribution in [-0.2, 0) is 4.79 Å². The van der Waals surface area contributed by atoms with Gasteiger partial charge >= 0.3 is 0 Å². The van der Waals surface area contributed by atoms with Gasteiger partial charge in [0.2, 0.25) is 5.91 Å². The lowest BCUT2D eigenvalue weighted by molar-refractivity contribution is -0.128. The van der Waals surface area contributed by atoms with E-state index in [1.165, 1.54) is 18.5 Å². The molecule has 7 heteroatoms. The van der Waals surface area contributed by atoms with Crippen LogP contribution >= 0.6 is 0 Å². The quantitative estimate of drug-likeness (QED) is 0.763. The van der Waals surface area contributed by atoms with E-state index in [4.69, 9.17) is 0 Å². The third-order valence-corrected chi connectivity index (χ3v) is 5.87. The summed E-state index contributed by atoms with van der Waals surface area (Å²) in [6.45, 7) is 0.488. The zero-order valence-electron chi connectivity index (χ0n) is 14.4. The van der Waals surface area contributed by atoms with Crippen molar-refractivity contribution in [1.29, 1.82) is 0 Å². The number of aliphatic hydroxyl groups excluding tert-OH is 1. The maximum atomic E-state index is 13.0. The number of aliphatic hydroxyl groups is 1. The minimum Gasteiger partial charge on any atom is -0.393 e. The molecule has 2 aliphatic rings. The molecule has 1 amide bonds. The van der Waals surface area contributed by atoms with Gasteiger partial charge in [-0.2, -0.15) is 5.10 Å². The van der Waals surface area contributed by atoms with Gasteiger partial charge in [0.25, 0.3) is 0 Å². The largest absolute Gasteiger partial charge is 0.393 e. The molecule has 4 rings (SSSR count). The van der Waals surface area contributed by atoms with E-state index in [1.54, 1.807) is 12.1 Å². The maximum absolute atomic E-state index is 13.0. The number of carbonyl (C=O) groups is 1. The molecule has 2 aromatic rings. The molecule has 138 valence electrons. The van der Waals surface area contributed by atoms with Gasteiger partial charge in [-0.25, -0.2) is 9.37 Å². The third kappa shape index (κ3) is 3.49. The number of benzene rings is 1. The standard InChI is InChI=1S/C19H23FN4O2/c20-16-3-1-11(2-4-16)12-5-14(6-12)19(26)21-9-15-7-13(8-17(15)25)18-22-10-23-24-18/h1-4,10,12-15,17,25H,5-9H2,(H,21,26)(H,22,23,24)/t12?,13-,14?,15+,17+/m1/s1. The van der Waals surface area contributed by atoms with Gasteiger partial charge in [0.1, 0.15) is 18.0 Å². The number of carbonyl (C=O) groups excluding carboxylic acids is 1. The molecular weight excluding hydrogens is 335 g/mol. The summed E-state index contributed by atoms with van der Waals surface area (Å²) in [4.78, 5) is 16.5. The fraction of sp³-hybridized carbons (Fsp3) is 0.526. The Hall–Kier alpha value is -2.28. The number of hydrogen-bond donors (Lipinski definition) is 3. The normalized spacial score (nSPS) is 30.8. The Morgan fingerprint density at radius 2 is 1.96 bits per heavy atom. The molecule has 0 spiro atoms. The molecule has 1 aromatic heterocycles. The number of aromatic amines is 1. The second kappa shape index (κ2) is 7.15. The summed E-state index contributed by atoms with van der Waals surface area (Å²) in [6.07, 6.45) is 4.08. The Morgan fingerprint density at radius 1 is 1.19 bits per heavy atom. The van der Waals surface area contributed by atoms with Gasteiger partial charge < -0.3 is 10.4 Å². The average Bonchev–Trinajstić information content (AvgIpc) is 3.23. The molecule has 0 bridgehead atoms. The number of amides is 1. The van der Waals surface area contributed by atoms with Crippen molar-refractivity contribution < 1.29 is 14.3 Å². The van der Waals surface area contributed by atoms with Crippen molar-refractivity contribution >= 4 is 5.91 Å². The smallest absolute Gasteiger partial charge is 0.223 e. The fourth-order valence-corrected chi connectivity index (χ4v) is 4.17. The fourth-order valence-electron chi connectivity index (χ4n) is 4.17. The molecule has 1 heterocycles. The number of halogens is 1. The summed E-state index contributed by atoms with van der Waals surface area (Å²) < 4.78 is 13.0. The molecule has 2 saturated carbocycles. The van der Waals surface area contributed by atoms with Crippen LogP contribution in [0.1, 0.15) is 48.9 Å². The van der Waals surface area contributed by atoms with Gasteiger partial charge in [-0.3, -0.25) is 9.89 Å². The minimum absolute atomic E-state index is 0.00803. The molecule has 1 aromatic carbocycles. The van der Waals surface area contributed by atoms with Crippen molar-refractivity contribution in [3.8, 4) is 0 Å². The molecule has 6 nitrogen and oxygen atoms in total. The monoisotopic (exact) mass is 358 g/mol. The van der Waals surface area contributed by atoms with Crippen LogP contribution in [0.15, 0.2) is 30.6 Å². The highest BCUT2D eigenvalue weighted by Crippen LogP contribution is 2.42. The number of aromatic nitrogens is 3. The van der Waals surface area contributed by atoms with E-state index in [0.29, 0.717) is 18.9 Å². The van der Waals surface area contributed by atoms with Crippen molar-refractivity contribution in [2.75, 3.05) is 6.54 Å². The minimum atomic E-state index is -0.432. The molecule has 2 fully saturated rings. The van der Waals surface area contributed by atoms with E-state index in [9.17, 15) is 14.3 Å². The van der Waals surface area contributed by atoms with Gasteiger partial charge in [-0.05, 0) is 49.3 Å². The van der Waals surface area contributed by atoms with Crippen molar-refractivity contribution in [2.45, 2.75) is 43.6 Å². The van der Waals surface area contributed by atoms with E-state index < -0.39 is 6.10 Å². The van der Waals surface area contributed by atoms with E-state index in [2.05, 4.69) is 20.5 Å². The van der Waals surface area contributed by atoms with Crippen LogP contribution in [0.5, 0.6) is 0 Å². The Bertz CT molecular complexity index is 743. The first-order valence-corrected chi connectivity index (χ1v) is 9.16. The number of rotatable bonds is 5. The maximum Gasteiger partial charge on any atom is 0.223 e. The molecule has 0 saturated heterocycles. The molecule has 2 aliphatic carbocycles. The zero-order chi connectivity index (χ0) is 18.1. The van der Waals surface area contributed by atoms with Crippen molar-refractivity contribution in [3.05, 3.63) is 47.8 Å². The topological polar surface area (TPSA) is 90.9 Å². The Morgan fingerprint density at radius 3 is 2.65 bits per heavy atom. The molecule has 0 unspecified atom stereocenters. The summed E-state index contributed by atoms with van der Waals surface area (Å²) in [6, 6.07) is 6.53. The van der Waals surface area contributed by atoms with Gasteiger partial charge in [0.15, 0.2) is 0 Å². The predicted octanol–water partition coefficient (Wildman–Crippen LogP) is 2.11. The lowest BCUT2D eigenvalue weighted by atomic mass is 9.71. The first-order chi connectivity index (χ1) is 12.6. The molecule has 0 aliphatic heterocycles. The lowest BCUT2D eigenvalue weighted by Gasteiger charge is -2.35. The van der Waals surface area contributed by atoms with Gasteiger partial charge in [-0.15, -0.1) is 0 Å². The Kier molecular flexibility index (Phi) is 4.72. The van der Waals surface area contributed by atoms with Crippen LogP contribution in [0.25, 0.3) is 0 Å². The van der Waals surface area contributed by atoms with Gasteiger partial charge in [0.05, 0.1) is 6.10 Å². The molecule has 26 heavy (non-hydrogen) atoms. The molecule has 3 atom stereocenters. The van der Waals surface area contributed by atoms with Crippen molar-refractivity contribution in [2.24, 2.45) is 11.8 Å². The highest BCUT2D eigenvalue weighted by Gasteiger charge is 2.38. The predicted molar refractivity (Wildman–Crippen MR) is 92.7 cm³/mol. The first kappa shape index (κ1) is 17.1. The van der Waals surface area contributed by atoms with E-state index in [1.807, 2.05) is 0 Å². The summed E-state index contributed by atoms with van der Waals surface area (Å²) in [7, 11) is 0. The van der Waals surface area contributed by atoms with E-state index >= 15 is 0 Å². The van der Waals surface area contributed by atoms with Crippen LogP contribution in [0.4, 0.5) is 4.39 Å². The molecule has 3 N–H and O–H groups in total. The lowest BCUT2D eigenvalue weighted by Crippen LogP contribution is -2.41. The summed E-state index contributed by atoms with van der Waals surface area (Å²) in [5, 5.41) is 20.0. The van der Waals surface area contributed by atoms with Crippen molar-refractivity contribution in [3.63, 3.8) is 0 Å². The van der Waals surface area contributed by atoms with Gasteiger partial charge in [0, 0.05) is 24.3 Å². The van der Waals surface area contributed by atoms with Gasteiger partial charge in [-0.1, -0.05) is 12.1 Å². The second-order valence-corrected chi connectivity index (χ2v) is 7.53. The van der Waals surface area contributed by atoms with E-state index in [0.717, 1.165) is 30.7 Å². The summed E-state index contributed by atoms with van der Waals surface area (Å²) >= 11 is 0. The highest BCUT2D eigenvalue weighted by molar-refractivity contribution is 5.79. The third-order valence-electron chi connectivity index (χ3n) is 5.87. The van der Waals surface area contributed by atoms with Crippen LogP contribution in [-0.4, -0.2) is 38.8 Å². The summed E-state index contributed by atoms with van der Waals surface area (Å²) in [5.74, 6) is 1.18. The number of hydrogen-bond acceptors (Lipinski definition) is 4. The zero-order valence-corrected chi connectivity index (χ0v) is 14.4. The van der Waals surface area contributed by atoms with E-state index in [-0.39, 0.29) is 29.5 Å². The summed E-state index contributed by atoms with van der Waals surface area (Å²) in [5.41, 5.74) is 1.09. The van der Waals surface area contributed by atoms with Crippen LogP contribution in [0.2, 0.25) is 0 Å². The van der Waals surface area contributed by atoms with Crippen molar-refractivity contribution in [1.82, 2.24) is 20.5 Å². The Balaban J connectivity index is 1.23. The number of H-pyrrole nitrogens is 1. The van der Waals surface area contributed by atoms with Crippen LogP contribution in [0.3, 0.4) is 0 Å². The SMILES string of the molecule is O=C(NC[C@@H]1C[C@@H](c2ncn[nH]2)C[C@@H]1O)C1CC(c2ccc(F)cc2)C1. The molecule has 0 radical (unpaired) electrons.